The van der Waals surface area contributed by atoms with Crippen molar-refractivity contribution < 1.29 is 8.60 Å². The summed E-state index contributed by atoms with van der Waals surface area (Å²) < 4.78 is 24.0. The van der Waals surface area contributed by atoms with Gasteiger partial charge in [0.1, 0.15) is 5.82 Å². The van der Waals surface area contributed by atoms with Crippen LogP contribution >= 0.6 is 0 Å². The molecule has 0 saturated heterocycles. The van der Waals surface area contributed by atoms with Crippen LogP contribution in [0, 0.1) is 5.82 Å². The quantitative estimate of drug-likeness (QED) is 0.706. The fraction of sp³-hybridized carbons (Fsp3) is 0.333. The first kappa shape index (κ1) is 9.39. The van der Waals surface area contributed by atoms with Gasteiger partial charge in [-0.3, -0.25) is 4.21 Å². The lowest BCUT2D eigenvalue weighted by Crippen LogP contribution is -1.99. The number of hydrogen-bond acceptors (Lipinski definition) is 1. The first-order valence-corrected chi connectivity index (χ1v) is 5.31. The van der Waals surface area contributed by atoms with Crippen LogP contribution < -0.4 is 0 Å². The molecule has 1 rings (SSSR count). The Morgan fingerprint density at radius 3 is 2.67 bits per heavy atom. The van der Waals surface area contributed by atoms with E-state index in [0.717, 1.165) is 0 Å². The SMILES string of the molecule is CCS(=O)Cc1ccccc1F. The topological polar surface area (TPSA) is 17.1 Å². The van der Waals surface area contributed by atoms with Gasteiger partial charge < -0.3 is 0 Å². The Morgan fingerprint density at radius 1 is 1.42 bits per heavy atom. The van der Waals surface area contributed by atoms with E-state index in [4.69, 9.17) is 0 Å². The van der Waals surface area contributed by atoms with Crippen LogP contribution in [0.1, 0.15) is 12.5 Å². The van der Waals surface area contributed by atoms with E-state index in [1.807, 2.05) is 6.92 Å². The molecule has 0 aliphatic carbocycles. The first-order chi connectivity index (χ1) is 5.74. The maximum atomic E-state index is 13.0. The van der Waals surface area contributed by atoms with Gasteiger partial charge in [-0.15, -0.1) is 0 Å². The zero-order chi connectivity index (χ0) is 8.97. The van der Waals surface area contributed by atoms with E-state index in [1.54, 1.807) is 18.2 Å². The predicted molar refractivity (Wildman–Crippen MR) is 48.8 cm³/mol. The summed E-state index contributed by atoms with van der Waals surface area (Å²) >= 11 is 0. The minimum Gasteiger partial charge on any atom is -0.259 e. The maximum Gasteiger partial charge on any atom is 0.127 e. The monoisotopic (exact) mass is 186 g/mol. The summed E-state index contributed by atoms with van der Waals surface area (Å²) in [4.78, 5) is 0. The van der Waals surface area contributed by atoms with Crippen molar-refractivity contribution in [1.29, 1.82) is 0 Å². The van der Waals surface area contributed by atoms with Crippen LogP contribution in [0.4, 0.5) is 4.39 Å². The van der Waals surface area contributed by atoms with E-state index in [0.29, 0.717) is 17.1 Å². The molecule has 0 saturated carbocycles. The average Bonchev–Trinajstić information content (AvgIpc) is 2.09. The van der Waals surface area contributed by atoms with E-state index in [2.05, 4.69) is 0 Å². The standard InChI is InChI=1S/C9H11FOS/c1-2-12(11)7-8-5-3-4-6-9(8)10/h3-6H,2,7H2,1H3. The van der Waals surface area contributed by atoms with Crippen LogP contribution in [-0.2, 0) is 16.6 Å². The lowest BCUT2D eigenvalue weighted by molar-refractivity contribution is 0.615. The normalized spacial score (nSPS) is 12.8. The van der Waals surface area contributed by atoms with Crippen LogP contribution in [0.15, 0.2) is 24.3 Å². The third-order valence-corrected chi connectivity index (χ3v) is 2.87. The Kier molecular flexibility index (Phi) is 3.41. The van der Waals surface area contributed by atoms with Gasteiger partial charge in [-0.2, -0.15) is 0 Å². The molecule has 0 radical (unpaired) electrons. The highest BCUT2D eigenvalue weighted by Crippen LogP contribution is 2.08. The second kappa shape index (κ2) is 4.36. The summed E-state index contributed by atoms with van der Waals surface area (Å²) in [6, 6.07) is 6.45. The molecule has 0 N–H and O–H groups in total. The number of benzene rings is 1. The van der Waals surface area contributed by atoms with Gasteiger partial charge in [0, 0.05) is 22.1 Å². The summed E-state index contributed by atoms with van der Waals surface area (Å²) in [5, 5.41) is 0. The smallest absolute Gasteiger partial charge is 0.127 e. The highest BCUT2D eigenvalue weighted by atomic mass is 32.2. The molecule has 1 nitrogen and oxygen atoms in total. The maximum absolute atomic E-state index is 13.0. The van der Waals surface area contributed by atoms with Crippen LogP contribution in [-0.4, -0.2) is 9.96 Å². The van der Waals surface area contributed by atoms with Crippen molar-refractivity contribution in [2.75, 3.05) is 5.75 Å². The third kappa shape index (κ3) is 2.41. The summed E-state index contributed by atoms with van der Waals surface area (Å²) in [5.41, 5.74) is 0.540. The Bertz CT molecular complexity index is 286. The summed E-state index contributed by atoms with van der Waals surface area (Å²) in [6.45, 7) is 1.83. The summed E-state index contributed by atoms with van der Waals surface area (Å²) in [5.74, 6) is 0.636. The van der Waals surface area contributed by atoms with Gasteiger partial charge in [-0.05, 0) is 6.07 Å². The van der Waals surface area contributed by atoms with Gasteiger partial charge >= 0.3 is 0 Å². The zero-order valence-electron chi connectivity index (χ0n) is 6.92. The second-order valence-electron chi connectivity index (χ2n) is 2.46. The average molecular weight is 186 g/mol. The van der Waals surface area contributed by atoms with Crippen LogP contribution in [0.5, 0.6) is 0 Å². The summed E-state index contributed by atoms with van der Waals surface area (Å²) in [7, 11) is -0.928. The Labute approximate surface area is 74.1 Å². The fourth-order valence-corrected chi connectivity index (χ4v) is 1.68. The van der Waals surface area contributed by atoms with E-state index < -0.39 is 10.8 Å². The molecule has 1 aromatic carbocycles. The molecule has 0 bridgehead atoms. The second-order valence-corrected chi connectivity index (χ2v) is 4.21. The third-order valence-electron chi connectivity index (χ3n) is 1.60. The van der Waals surface area contributed by atoms with Gasteiger partial charge in [0.25, 0.3) is 0 Å². The number of hydrogen-bond donors (Lipinski definition) is 0. The molecule has 0 aliphatic rings. The summed E-state index contributed by atoms with van der Waals surface area (Å²) in [6.07, 6.45) is 0. The molecule has 0 amide bonds. The predicted octanol–water partition coefficient (Wildman–Crippen LogP) is 2.09. The van der Waals surface area contributed by atoms with Crippen molar-refractivity contribution in [1.82, 2.24) is 0 Å². The van der Waals surface area contributed by atoms with Gasteiger partial charge in [0.2, 0.25) is 0 Å². The molecular weight excluding hydrogens is 175 g/mol. The van der Waals surface area contributed by atoms with Crippen molar-refractivity contribution in [3.63, 3.8) is 0 Å². The Balaban J connectivity index is 2.75. The van der Waals surface area contributed by atoms with Crippen molar-refractivity contribution in [3.8, 4) is 0 Å². The van der Waals surface area contributed by atoms with Gasteiger partial charge in [-0.25, -0.2) is 4.39 Å². The lowest BCUT2D eigenvalue weighted by Gasteiger charge is -2.00. The molecule has 0 fully saturated rings. The van der Waals surface area contributed by atoms with Gasteiger partial charge in [-0.1, -0.05) is 25.1 Å². The van der Waals surface area contributed by atoms with Crippen molar-refractivity contribution >= 4 is 10.8 Å². The molecule has 0 heterocycles. The first-order valence-electron chi connectivity index (χ1n) is 3.82. The number of halogens is 1. The molecule has 0 spiro atoms. The van der Waals surface area contributed by atoms with E-state index in [9.17, 15) is 8.60 Å². The molecule has 3 heteroatoms. The minimum atomic E-state index is -0.928. The Morgan fingerprint density at radius 2 is 2.08 bits per heavy atom. The molecule has 66 valence electrons. The highest BCUT2D eigenvalue weighted by Gasteiger charge is 2.03. The molecule has 1 aromatic rings. The highest BCUT2D eigenvalue weighted by molar-refractivity contribution is 7.84. The fourth-order valence-electron chi connectivity index (χ4n) is 0.891. The van der Waals surface area contributed by atoms with Gasteiger partial charge in [0.15, 0.2) is 0 Å². The molecular formula is C9H11FOS. The van der Waals surface area contributed by atoms with Crippen molar-refractivity contribution in [3.05, 3.63) is 35.6 Å². The molecule has 12 heavy (non-hydrogen) atoms. The van der Waals surface area contributed by atoms with E-state index >= 15 is 0 Å². The van der Waals surface area contributed by atoms with Crippen molar-refractivity contribution in [2.45, 2.75) is 12.7 Å². The largest absolute Gasteiger partial charge is 0.259 e. The molecule has 1 unspecified atom stereocenters. The van der Waals surface area contributed by atoms with Crippen LogP contribution in [0.25, 0.3) is 0 Å². The number of rotatable bonds is 3. The minimum absolute atomic E-state index is 0.265. The van der Waals surface area contributed by atoms with Gasteiger partial charge in [0.05, 0.1) is 5.75 Å². The molecule has 0 aliphatic heterocycles. The van der Waals surface area contributed by atoms with Crippen LogP contribution in [0.2, 0.25) is 0 Å². The van der Waals surface area contributed by atoms with Crippen molar-refractivity contribution in [2.24, 2.45) is 0 Å². The molecule has 1 atom stereocenters. The van der Waals surface area contributed by atoms with Crippen LogP contribution in [0.3, 0.4) is 0 Å². The Hall–Kier alpha value is -0.700. The zero-order valence-corrected chi connectivity index (χ0v) is 7.73. The van der Waals surface area contributed by atoms with E-state index in [-0.39, 0.29) is 5.82 Å². The lowest BCUT2D eigenvalue weighted by atomic mass is 10.2. The molecule has 0 aromatic heterocycles. The van der Waals surface area contributed by atoms with E-state index in [1.165, 1.54) is 6.07 Å².